The summed E-state index contributed by atoms with van der Waals surface area (Å²) in [5.41, 5.74) is 4.38. The lowest BCUT2D eigenvalue weighted by atomic mass is 10.2. The Morgan fingerprint density at radius 1 is 1.04 bits per heavy atom. The Balaban J connectivity index is 2.11. The van der Waals surface area contributed by atoms with Crippen LogP contribution in [-0.4, -0.2) is 23.0 Å². The third kappa shape index (κ3) is 5.20. The topological polar surface area (TPSA) is 117 Å². The average molecular weight is 347 g/mol. The Morgan fingerprint density at radius 3 is 2.40 bits per heavy atom. The molecular weight excluding hydrogens is 333 g/mol. The van der Waals surface area contributed by atoms with E-state index in [-0.39, 0.29) is 22.7 Å². The van der Waals surface area contributed by atoms with E-state index in [1.165, 1.54) is 31.2 Å². The zero-order chi connectivity index (χ0) is 18.4. The van der Waals surface area contributed by atoms with Gasteiger partial charge in [-0.05, 0) is 30.3 Å². The smallest absolute Gasteiger partial charge is 0.409 e. The van der Waals surface area contributed by atoms with Crippen LogP contribution in [0.5, 0.6) is 11.5 Å². The molecule has 0 saturated heterocycles. The lowest BCUT2D eigenvalue weighted by Crippen LogP contribution is -2.40. The maximum absolute atomic E-state index is 13.8. The van der Waals surface area contributed by atoms with E-state index in [1.54, 1.807) is 12.1 Å². The molecule has 0 spiro atoms. The number of carbonyl (C=O) groups excluding carboxylic acids is 2. The van der Waals surface area contributed by atoms with Gasteiger partial charge in [0.1, 0.15) is 11.5 Å². The molecule has 0 heterocycles. The van der Waals surface area contributed by atoms with Gasteiger partial charge >= 0.3 is 6.09 Å². The van der Waals surface area contributed by atoms with Gasteiger partial charge in [-0.15, -0.1) is 0 Å². The molecule has 8 nitrogen and oxygen atoms in total. The van der Waals surface area contributed by atoms with Gasteiger partial charge in [0.15, 0.2) is 5.82 Å². The van der Waals surface area contributed by atoms with Crippen LogP contribution in [0.1, 0.15) is 17.3 Å². The molecule has 0 aliphatic heterocycles. The quantitative estimate of drug-likeness (QED) is 0.634. The monoisotopic (exact) mass is 347 g/mol. The Bertz CT molecular complexity index is 825. The van der Waals surface area contributed by atoms with E-state index in [1.807, 2.05) is 5.32 Å². The molecule has 2 aromatic carbocycles. The molecule has 0 unspecified atom stereocenters. The molecule has 2 rings (SSSR count). The normalized spacial score (nSPS) is 9.84. The van der Waals surface area contributed by atoms with Crippen molar-refractivity contribution < 1.29 is 28.6 Å². The summed E-state index contributed by atoms with van der Waals surface area (Å²) < 4.78 is 19.2. The highest BCUT2D eigenvalue weighted by Gasteiger charge is 2.10. The molecule has 0 aromatic heterocycles. The summed E-state index contributed by atoms with van der Waals surface area (Å²) in [4.78, 5) is 33.2. The third-order valence-corrected chi connectivity index (χ3v) is 2.87. The fraction of sp³-hybridized carbons (Fsp3) is 0.0625. The number of benzene rings is 2. The molecule has 3 amide bonds. The van der Waals surface area contributed by atoms with Gasteiger partial charge in [-0.3, -0.25) is 25.8 Å². The van der Waals surface area contributed by atoms with Crippen LogP contribution in [0.25, 0.3) is 0 Å². The molecule has 0 fully saturated rings. The van der Waals surface area contributed by atoms with Crippen molar-refractivity contribution in [2.45, 2.75) is 6.92 Å². The largest absolute Gasteiger partial charge is 0.465 e. The Hall–Kier alpha value is -3.62. The molecule has 0 aliphatic carbocycles. The van der Waals surface area contributed by atoms with E-state index in [4.69, 9.17) is 9.84 Å². The van der Waals surface area contributed by atoms with Crippen molar-refractivity contribution in [2.24, 2.45) is 0 Å². The SMILES string of the molecule is CC(=O)NNC(=O)c1cccc(Oc2ccc(NC(=O)O)c(F)c2)c1. The maximum Gasteiger partial charge on any atom is 0.409 e. The molecule has 0 saturated carbocycles. The molecule has 0 atom stereocenters. The predicted octanol–water partition coefficient (Wildman–Crippen LogP) is 2.49. The van der Waals surface area contributed by atoms with Crippen LogP contribution in [0.15, 0.2) is 42.5 Å². The van der Waals surface area contributed by atoms with E-state index in [0.29, 0.717) is 0 Å². The zero-order valence-electron chi connectivity index (χ0n) is 13.0. The van der Waals surface area contributed by atoms with Gasteiger partial charge in [-0.1, -0.05) is 6.07 Å². The fourth-order valence-corrected chi connectivity index (χ4v) is 1.83. The highest BCUT2D eigenvalue weighted by Crippen LogP contribution is 2.26. The second kappa shape index (κ2) is 7.77. The Kier molecular flexibility index (Phi) is 5.51. The van der Waals surface area contributed by atoms with Gasteiger partial charge in [-0.25, -0.2) is 9.18 Å². The molecular formula is C16H14FN3O5. The van der Waals surface area contributed by atoms with Gasteiger partial charge in [-0.2, -0.15) is 0 Å². The van der Waals surface area contributed by atoms with Gasteiger partial charge in [0.05, 0.1) is 5.69 Å². The van der Waals surface area contributed by atoms with Crippen molar-refractivity contribution in [3.05, 3.63) is 53.8 Å². The van der Waals surface area contributed by atoms with Crippen molar-refractivity contribution in [3.8, 4) is 11.5 Å². The van der Waals surface area contributed by atoms with E-state index >= 15 is 0 Å². The number of hydrogen-bond donors (Lipinski definition) is 4. The number of carbonyl (C=O) groups is 3. The standard InChI is InChI=1S/C16H14FN3O5/c1-9(21)19-20-15(22)10-3-2-4-11(7-10)25-12-5-6-14(13(17)8-12)18-16(23)24/h2-8,18H,1H3,(H,19,21)(H,20,22)(H,23,24). The number of anilines is 1. The van der Waals surface area contributed by atoms with Crippen LogP contribution < -0.4 is 20.9 Å². The van der Waals surface area contributed by atoms with Crippen LogP contribution in [0, 0.1) is 5.82 Å². The molecule has 4 N–H and O–H groups in total. The molecule has 0 aliphatic rings. The van der Waals surface area contributed by atoms with Crippen LogP contribution in [0.2, 0.25) is 0 Å². The summed E-state index contributed by atoms with van der Waals surface area (Å²) in [6, 6.07) is 9.61. The van der Waals surface area contributed by atoms with Gasteiger partial charge in [0.2, 0.25) is 5.91 Å². The first-order valence-corrected chi connectivity index (χ1v) is 6.99. The number of rotatable bonds is 4. The van der Waals surface area contributed by atoms with Gasteiger partial charge < -0.3 is 9.84 Å². The highest BCUT2D eigenvalue weighted by molar-refractivity contribution is 5.95. The first kappa shape index (κ1) is 17.7. The maximum atomic E-state index is 13.8. The molecule has 130 valence electrons. The van der Waals surface area contributed by atoms with Crippen molar-refractivity contribution in [3.63, 3.8) is 0 Å². The zero-order valence-corrected chi connectivity index (χ0v) is 13.0. The van der Waals surface area contributed by atoms with Crippen LogP contribution in [-0.2, 0) is 4.79 Å². The summed E-state index contributed by atoms with van der Waals surface area (Å²) in [5.74, 6) is -1.40. The second-order valence-corrected chi connectivity index (χ2v) is 4.84. The first-order chi connectivity index (χ1) is 11.8. The summed E-state index contributed by atoms with van der Waals surface area (Å²) in [5, 5.41) is 10.5. The summed E-state index contributed by atoms with van der Waals surface area (Å²) >= 11 is 0. The molecule has 9 heteroatoms. The second-order valence-electron chi connectivity index (χ2n) is 4.84. The molecule has 0 radical (unpaired) electrons. The lowest BCUT2D eigenvalue weighted by Gasteiger charge is -2.10. The average Bonchev–Trinajstić information content (AvgIpc) is 2.55. The van der Waals surface area contributed by atoms with E-state index in [0.717, 1.165) is 6.07 Å². The highest BCUT2D eigenvalue weighted by atomic mass is 19.1. The van der Waals surface area contributed by atoms with Gasteiger partial charge in [0.25, 0.3) is 5.91 Å². The first-order valence-electron chi connectivity index (χ1n) is 6.99. The minimum Gasteiger partial charge on any atom is -0.465 e. The third-order valence-electron chi connectivity index (χ3n) is 2.87. The lowest BCUT2D eigenvalue weighted by molar-refractivity contribution is -0.119. The number of hydrazine groups is 1. The predicted molar refractivity (Wildman–Crippen MR) is 85.8 cm³/mol. The van der Waals surface area contributed by atoms with E-state index in [9.17, 15) is 18.8 Å². The van der Waals surface area contributed by atoms with E-state index < -0.39 is 23.7 Å². The molecule has 0 bridgehead atoms. The summed E-state index contributed by atoms with van der Waals surface area (Å²) in [6.07, 6.45) is -1.38. The van der Waals surface area contributed by atoms with Gasteiger partial charge in [0, 0.05) is 18.6 Å². The van der Waals surface area contributed by atoms with Crippen LogP contribution in [0.3, 0.4) is 0 Å². The molecule has 25 heavy (non-hydrogen) atoms. The minimum absolute atomic E-state index is 0.118. The van der Waals surface area contributed by atoms with Crippen molar-refractivity contribution in [1.82, 2.24) is 10.9 Å². The fourth-order valence-electron chi connectivity index (χ4n) is 1.83. The number of carboxylic acid groups (broad SMARTS) is 1. The van der Waals surface area contributed by atoms with Crippen LogP contribution in [0.4, 0.5) is 14.9 Å². The van der Waals surface area contributed by atoms with Crippen molar-refractivity contribution in [2.75, 3.05) is 5.32 Å². The van der Waals surface area contributed by atoms with E-state index in [2.05, 4.69) is 10.9 Å². The Labute approximate surface area is 141 Å². The number of ether oxygens (including phenoxy) is 1. The summed E-state index contributed by atoms with van der Waals surface area (Å²) in [6.45, 7) is 1.25. The Morgan fingerprint density at radius 2 is 1.76 bits per heavy atom. The molecule has 2 aromatic rings. The number of halogens is 1. The number of amides is 3. The number of nitrogens with one attached hydrogen (secondary N) is 3. The minimum atomic E-state index is -1.38. The van der Waals surface area contributed by atoms with Crippen molar-refractivity contribution >= 4 is 23.6 Å². The number of hydrogen-bond acceptors (Lipinski definition) is 4. The summed E-state index contributed by atoms with van der Waals surface area (Å²) in [7, 11) is 0. The van der Waals surface area contributed by atoms with Crippen molar-refractivity contribution in [1.29, 1.82) is 0 Å². The van der Waals surface area contributed by atoms with Crippen LogP contribution >= 0.6 is 0 Å².